The Morgan fingerprint density at radius 1 is 1.28 bits per heavy atom. The molecule has 0 amide bonds. The number of aliphatic hydroxyl groups excluding tert-OH is 1. The lowest BCUT2D eigenvalue weighted by atomic mass is 9.75. The second kappa shape index (κ2) is 4.81. The maximum Gasteiger partial charge on any atom is 0.159 e. The van der Waals surface area contributed by atoms with Crippen molar-refractivity contribution in [3.8, 4) is 0 Å². The molecule has 0 heterocycles. The van der Waals surface area contributed by atoms with Gasteiger partial charge >= 0.3 is 0 Å². The highest BCUT2D eigenvalue weighted by atomic mass is 19.2. The number of halogens is 2. The van der Waals surface area contributed by atoms with E-state index in [0.717, 1.165) is 30.0 Å². The summed E-state index contributed by atoms with van der Waals surface area (Å²) in [7, 11) is 0. The van der Waals surface area contributed by atoms with Gasteiger partial charge in [0.25, 0.3) is 0 Å². The molecule has 1 aromatic carbocycles. The van der Waals surface area contributed by atoms with Crippen LogP contribution in [-0.4, -0.2) is 11.2 Å². The lowest BCUT2D eigenvalue weighted by Gasteiger charge is -2.32. The summed E-state index contributed by atoms with van der Waals surface area (Å²) in [5.41, 5.74) is 1.89. The third-order valence-corrected chi connectivity index (χ3v) is 3.31. The van der Waals surface area contributed by atoms with E-state index in [-0.39, 0.29) is 5.41 Å². The third-order valence-electron chi connectivity index (χ3n) is 3.31. The molecule has 0 radical (unpaired) electrons. The molecular weight excluding hydrogens is 234 g/mol. The smallest absolute Gasteiger partial charge is 0.159 e. The number of allylic oxidation sites excluding steroid dienone is 1. The van der Waals surface area contributed by atoms with E-state index in [2.05, 4.69) is 13.8 Å². The van der Waals surface area contributed by atoms with E-state index >= 15 is 0 Å². The van der Waals surface area contributed by atoms with Crippen LogP contribution in [0.1, 0.15) is 32.3 Å². The van der Waals surface area contributed by atoms with Gasteiger partial charge in [0.05, 0.1) is 6.10 Å². The fourth-order valence-electron chi connectivity index (χ4n) is 2.68. The van der Waals surface area contributed by atoms with Crippen molar-refractivity contribution in [2.75, 3.05) is 0 Å². The van der Waals surface area contributed by atoms with Crippen molar-refractivity contribution in [1.82, 2.24) is 0 Å². The van der Waals surface area contributed by atoms with Gasteiger partial charge in [0.15, 0.2) is 11.6 Å². The van der Waals surface area contributed by atoms with Crippen LogP contribution in [0, 0.1) is 17.0 Å². The molecule has 0 aromatic heterocycles. The van der Waals surface area contributed by atoms with Gasteiger partial charge in [0.2, 0.25) is 0 Å². The van der Waals surface area contributed by atoms with Crippen LogP contribution in [0.25, 0.3) is 0 Å². The maximum absolute atomic E-state index is 13.1. The van der Waals surface area contributed by atoms with Gasteiger partial charge in [-0.1, -0.05) is 31.6 Å². The van der Waals surface area contributed by atoms with Crippen molar-refractivity contribution in [3.63, 3.8) is 0 Å². The highest BCUT2D eigenvalue weighted by molar-refractivity contribution is 5.26. The van der Waals surface area contributed by atoms with Gasteiger partial charge in [-0.05, 0) is 42.4 Å². The van der Waals surface area contributed by atoms with Crippen LogP contribution in [0.2, 0.25) is 0 Å². The molecule has 0 spiro atoms. The highest BCUT2D eigenvalue weighted by Crippen LogP contribution is 2.36. The molecule has 1 aliphatic carbocycles. The van der Waals surface area contributed by atoms with Crippen molar-refractivity contribution < 1.29 is 13.9 Å². The first-order chi connectivity index (χ1) is 8.35. The van der Waals surface area contributed by atoms with Crippen LogP contribution < -0.4 is 0 Å². The monoisotopic (exact) mass is 252 g/mol. The second-order valence-electron chi connectivity index (χ2n) is 5.86. The summed E-state index contributed by atoms with van der Waals surface area (Å²) < 4.78 is 26.0. The van der Waals surface area contributed by atoms with Crippen LogP contribution in [0.15, 0.2) is 29.8 Å². The fraction of sp³-hybridized carbons (Fsp3) is 0.467. The number of aliphatic hydroxyl groups is 1. The van der Waals surface area contributed by atoms with Crippen LogP contribution in [0.5, 0.6) is 0 Å². The Morgan fingerprint density at radius 2 is 2.00 bits per heavy atom. The number of hydrogen-bond donors (Lipinski definition) is 1. The number of hydrogen-bond acceptors (Lipinski definition) is 1. The molecule has 1 aliphatic rings. The molecule has 1 atom stereocenters. The summed E-state index contributed by atoms with van der Waals surface area (Å²) in [6, 6.07) is 3.97. The van der Waals surface area contributed by atoms with E-state index < -0.39 is 17.7 Å². The second-order valence-corrected chi connectivity index (χ2v) is 5.86. The summed E-state index contributed by atoms with van der Waals surface area (Å²) in [6.07, 6.45) is 3.59. The molecule has 18 heavy (non-hydrogen) atoms. The molecule has 1 nitrogen and oxygen atoms in total. The number of rotatable bonds is 2. The Bertz CT molecular complexity index is 477. The average Bonchev–Trinajstić information content (AvgIpc) is 2.20. The van der Waals surface area contributed by atoms with Gasteiger partial charge in [0, 0.05) is 0 Å². The van der Waals surface area contributed by atoms with E-state index in [4.69, 9.17) is 0 Å². The molecule has 1 unspecified atom stereocenters. The van der Waals surface area contributed by atoms with Gasteiger partial charge in [-0.15, -0.1) is 0 Å². The summed E-state index contributed by atoms with van der Waals surface area (Å²) in [5.74, 6) is -1.64. The Morgan fingerprint density at radius 3 is 2.61 bits per heavy atom. The van der Waals surface area contributed by atoms with Crippen molar-refractivity contribution >= 4 is 0 Å². The summed E-state index contributed by atoms with van der Waals surface area (Å²) in [6.45, 7) is 4.21. The van der Waals surface area contributed by atoms with Crippen molar-refractivity contribution in [3.05, 3.63) is 47.0 Å². The minimum absolute atomic E-state index is 0.0576. The van der Waals surface area contributed by atoms with Crippen molar-refractivity contribution in [2.45, 2.75) is 39.2 Å². The molecule has 98 valence electrons. The lowest BCUT2D eigenvalue weighted by molar-refractivity contribution is 0.138. The van der Waals surface area contributed by atoms with E-state index in [9.17, 15) is 13.9 Å². The molecular formula is C15H18F2O. The van der Waals surface area contributed by atoms with Crippen LogP contribution in [0.4, 0.5) is 8.78 Å². The van der Waals surface area contributed by atoms with Gasteiger partial charge in [0.1, 0.15) is 0 Å². The molecule has 0 saturated carbocycles. The Hall–Kier alpha value is -1.22. The largest absolute Gasteiger partial charge is 0.389 e. The fourth-order valence-corrected chi connectivity index (χ4v) is 2.68. The summed E-state index contributed by atoms with van der Waals surface area (Å²) in [5, 5.41) is 9.78. The van der Waals surface area contributed by atoms with Gasteiger partial charge < -0.3 is 5.11 Å². The minimum Gasteiger partial charge on any atom is -0.389 e. The van der Waals surface area contributed by atoms with Gasteiger partial charge in [-0.2, -0.15) is 0 Å². The predicted octanol–water partition coefficient (Wildman–Crippen LogP) is 3.61. The molecule has 3 heteroatoms. The van der Waals surface area contributed by atoms with Crippen molar-refractivity contribution in [2.24, 2.45) is 5.41 Å². The standard InChI is InChI=1S/C15H18F2O/c1-15(2)8-11(6-12(18)9-15)5-10-3-4-13(16)14(17)7-10/h3-4,6-7,12,18H,5,8-9H2,1-2H3. The first kappa shape index (κ1) is 13.2. The molecule has 1 aromatic rings. The molecule has 1 N–H and O–H groups in total. The van der Waals surface area contributed by atoms with E-state index in [1.807, 2.05) is 6.08 Å². The van der Waals surface area contributed by atoms with E-state index in [1.54, 1.807) is 6.07 Å². The Balaban J connectivity index is 2.16. The zero-order valence-electron chi connectivity index (χ0n) is 10.7. The zero-order valence-corrected chi connectivity index (χ0v) is 10.7. The van der Waals surface area contributed by atoms with Crippen LogP contribution >= 0.6 is 0 Å². The van der Waals surface area contributed by atoms with Crippen molar-refractivity contribution in [1.29, 1.82) is 0 Å². The third kappa shape index (κ3) is 3.16. The molecule has 0 fully saturated rings. The average molecular weight is 252 g/mol. The zero-order chi connectivity index (χ0) is 13.3. The lowest BCUT2D eigenvalue weighted by Crippen LogP contribution is -2.25. The predicted molar refractivity (Wildman–Crippen MR) is 67.2 cm³/mol. The maximum atomic E-state index is 13.1. The number of benzene rings is 1. The molecule has 0 bridgehead atoms. The first-order valence-corrected chi connectivity index (χ1v) is 6.17. The SMILES string of the molecule is CC1(C)CC(Cc2ccc(F)c(F)c2)=CC(O)C1. The summed E-state index contributed by atoms with van der Waals surface area (Å²) in [4.78, 5) is 0. The molecule has 0 aliphatic heterocycles. The first-order valence-electron chi connectivity index (χ1n) is 6.17. The van der Waals surface area contributed by atoms with Crippen LogP contribution in [-0.2, 0) is 6.42 Å². The Labute approximate surface area is 106 Å². The quantitative estimate of drug-likeness (QED) is 0.797. The van der Waals surface area contributed by atoms with Gasteiger partial charge in [-0.3, -0.25) is 0 Å². The summed E-state index contributed by atoms with van der Waals surface area (Å²) >= 11 is 0. The van der Waals surface area contributed by atoms with Gasteiger partial charge in [-0.25, -0.2) is 8.78 Å². The normalized spacial score (nSPS) is 22.7. The van der Waals surface area contributed by atoms with E-state index in [0.29, 0.717) is 6.42 Å². The topological polar surface area (TPSA) is 20.2 Å². The highest BCUT2D eigenvalue weighted by Gasteiger charge is 2.27. The minimum atomic E-state index is -0.822. The Kier molecular flexibility index (Phi) is 3.53. The molecule has 0 saturated heterocycles. The van der Waals surface area contributed by atoms with Crippen LogP contribution in [0.3, 0.4) is 0 Å². The molecule has 2 rings (SSSR count). The van der Waals surface area contributed by atoms with E-state index in [1.165, 1.54) is 6.07 Å².